The summed E-state index contributed by atoms with van der Waals surface area (Å²) in [6, 6.07) is 5.21. The first-order valence-corrected chi connectivity index (χ1v) is 7.72. The lowest BCUT2D eigenvalue weighted by atomic mass is 10.1. The fourth-order valence-corrected chi connectivity index (χ4v) is 2.07. The van der Waals surface area contributed by atoms with Crippen LogP contribution in [-0.2, 0) is 0 Å². The Bertz CT molecular complexity index is 518. The molecule has 0 aliphatic rings. The van der Waals surface area contributed by atoms with Crippen LogP contribution in [0.2, 0.25) is 0 Å². The summed E-state index contributed by atoms with van der Waals surface area (Å²) in [7, 11) is 0. The molecular weight excluding hydrogens is 327 g/mol. The summed E-state index contributed by atoms with van der Waals surface area (Å²) in [5, 5.41) is 13.6. The van der Waals surface area contributed by atoms with Crippen molar-refractivity contribution in [2.24, 2.45) is 0 Å². The Kier molecular flexibility index (Phi) is 7.80. The number of alkyl halides is 3. The number of hydrogen-bond acceptors (Lipinski definition) is 3. The minimum Gasteiger partial charge on any atom is -0.406 e. The Balaban J connectivity index is 2.38. The minimum absolute atomic E-state index is 0.231. The third-order valence-electron chi connectivity index (χ3n) is 2.89. The quantitative estimate of drug-likeness (QED) is 0.286. The third kappa shape index (κ3) is 9.02. The summed E-state index contributed by atoms with van der Waals surface area (Å²) >= 11 is 5.06. The van der Waals surface area contributed by atoms with Crippen molar-refractivity contribution in [3.63, 3.8) is 0 Å². The number of amidine groups is 1. The molecule has 0 amide bonds. The van der Waals surface area contributed by atoms with Gasteiger partial charge in [-0.3, -0.25) is 5.41 Å². The highest BCUT2D eigenvalue weighted by molar-refractivity contribution is 7.80. The van der Waals surface area contributed by atoms with Gasteiger partial charge in [-0.2, -0.15) is 0 Å². The van der Waals surface area contributed by atoms with Crippen molar-refractivity contribution in [2.75, 3.05) is 5.32 Å². The summed E-state index contributed by atoms with van der Waals surface area (Å²) in [5.74, 6) is 0.0150. The molecule has 4 nitrogen and oxygen atoms in total. The van der Waals surface area contributed by atoms with E-state index in [2.05, 4.69) is 22.3 Å². The standard InChI is InChI=1S/C15H20F3N3OS/c1-2-3-4-5-6-13(19)21-14(23)20-11-7-9-12(10-8-11)22-15(16,17)18/h7-10H,2-6H2,1H3,(H3,19,20,21,23). The van der Waals surface area contributed by atoms with E-state index in [0.717, 1.165) is 25.7 Å². The molecular formula is C15H20F3N3OS. The second kappa shape index (κ2) is 9.34. The number of benzene rings is 1. The zero-order chi connectivity index (χ0) is 17.3. The first-order valence-electron chi connectivity index (χ1n) is 7.31. The average molecular weight is 347 g/mol. The molecule has 0 saturated heterocycles. The largest absolute Gasteiger partial charge is 0.573 e. The molecule has 3 N–H and O–H groups in total. The van der Waals surface area contributed by atoms with Crippen LogP contribution < -0.4 is 15.4 Å². The van der Waals surface area contributed by atoms with Crippen LogP contribution in [0.5, 0.6) is 5.75 Å². The molecule has 0 fully saturated rings. The molecule has 0 bridgehead atoms. The number of anilines is 1. The van der Waals surface area contributed by atoms with E-state index in [-0.39, 0.29) is 10.9 Å². The van der Waals surface area contributed by atoms with E-state index in [1.54, 1.807) is 0 Å². The second-order valence-electron chi connectivity index (χ2n) is 4.94. The molecule has 1 aromatic carbocycles. The normalized spacial score (nSPS) is 11.0. The van der Waals surface area contributed by atoms with Crippen LogP contribution in [0.15, 0.2) is 24.3 Å². The number of ether oxygens (including phenoxy) is 1. The van der Waals surface area contributed by atoms with Gasteiger partial charge in [0.2, 0.25) is 0 Å². The fraction of sp³-hybridized carbons (Fsp3) is 0.467. The number of rotatable bonds is 7. The SMILES string of the molecule is CCCCCCC(=N)NC(=S)Nc1ccc(OC(F)(F)F)cc1. The molecule has 0 spiro atoms. The number of nitrogens with one attached hydrogen (secondary N) is 3. The Morgan fingerprint density at radius 1 is 1.17 bits per heavy atom. The maximum atomic E-state index is 12.1. The topological polar surface area (TPSA) is 57.1 Å². The molecule has 0 saturated carbocycles. The van der Waals surface area contributed by atoms with Gasteiger partial charge in [-0.25, -0.2) is 0 Å². The molecule has 0 radical (unpaired) electrons. The predicted octanol–water partition coefficient (Wildman–Crippen LogP) is 4.82. The molecule has 8 heteroatoms. The van der Waals surface area contributed by atoms with E-state index in [1.165, 1.54) is 24.3 Å². The predicted molar refractivity (Wildman–Crippen MR) is 89.0 cm³/mol. The van der Waals surface area contributed by atoms with Crippen LogP contribution in [0.1, 0.15) is 39.0 Å². The summed E-state index contributed by atoms with van der Waals surface area (Å²) in [5.41, 5.74) is 0.510. The highest BCUT2D eigenvalue weighted by Crippen LogP contribution is 2.23. The molecule has 0 aliphatic heterocycles. The highest BCUT2D eigenvalue weighted by atomic mass is 32.1. The van der Waals surface area contributed by atoms with Crippen molar-refractivity contribution in [1.29, 1.82) is 5.41 Å². The number of thiocarbonyl (C=S) groups is 1. The van der Waals surface area contributed by atoms with E-state index >= 15 is 0 Å². The van der Waals surface area contributed by atoms with Gasteiger partial charge in [0, 0.05) is 12.1 Å². The van der Waals surface area contributed by atoms with Gasteiger partial charge >= 0.3 is 6.36 Å². The van der Waals surface area contributed by atoms with Crippen molar-refractivity contribution in [2.45, 2.75) is 45.4 Å². The smallest absolute Gasteiger partial charge is 0.406 e. The Hall–Kier alpha value is -1.83. The van der Waals surface area contributed by atoms with Crippen LogP contribution in [0.3, 0.4) is 0 Å². The minimum atomic E-state index is -4.71. The number of unbranched alkanes of at least 4 members (excludes halogenated alkanes) is 3. The van der Waals surface area contributed by atoms with Gasteiger partial charge in [-0.1, -0.05) is 26.2 Å². The maximum absolute atomic E-state index is 12.1. The van der Waals surface area contributed by atoms with Gasteiger partial charge in [0.05, 0.1) is 5.84 Å². The van der Waals surface area contributed by atoms with E-state index in [1.807, 2.05) is 0 Å². The maximum Gasteiger partial charge on any atom is 0.573 e. The molecule has 0 aromatic heterocycles. The van der Waals surface area contributed by atoms with Crippen molar-refractivity contribution < 1.29 is 17.9 Å². The van der Waals surface area contributed by atoms with Crippen LogP contribution in [0.4, 0.5) is 18.9 Å². The molecule has 0 atom stereocenters. The van der Waals surface area contributed by atoms with Gasteiger partial charge in [0.1, 0.15) is 5.75 Å². The first kappa shape index (κ1) is 19.2. The average Bonchev–Trinajstić information content (AvgIpc) is 2.44. The molecule has 0 heterocycles. The molecule has 23 heavy (non-hydrogen) atoms. The van der Waals surface area contributed by atoms with E-state index in [0.29, 0.717) is 17.9 Å². The summed E-state index contributed by atoms with van der Waals surface area (Å²) in [4.78, 5) is 0. The monoisotopic (exact) mass is 347 g/mol. The Morgan fingerprint density at radius 3 is 2.39 bits per heavy atom. The van der Waals surface area contributed by atoms with Gasteiger partial charge < -0.3 is 15.4 Å². The highest BCUT2D eigenvalue weighted by Gasteiger charge is 2.30. The van der Waals surface area contributed by atoms with Crippen LogP contribution >= 0.6 is 12.2 Å². The molecule has 128 valence electrons. The van der Waals surface area contributed by atoms with Crippen LogP contribution in [0.25, 0.3) is 0 Å². The molecule has 1 aromatic rings. The zero-order valence-electron chi connectivity index (χ0n) is 12.8. The second-order valence-corrected chi connectivity index (χ2v) is 5.35. The number of hydrogen-bond donors (Lipinski definition) is 3. The third-order valence-corrected chi connectivity index (χ3v) is 3.09. The molecule has 0 unspecified atom stereocenters. The van der Waals surface area contributed by atoms with Crippen molar-refractivity contribution >= 4 is 28.9 Å². The van der Waals surface area contributed by atoms with Crippen molar-refractivity contribution in [3.05, 3.63) is 24.3 Å². The Labute approximate surface area is 138 Å². The van der Waals surface area contributed by atoms with Gasteiger partial charge in [-0.15, -0.1) is 13.2 Å². The Morgan fingerprint density at radius 2 is 1.83 bits per heavy atom. The summed E-state index contributed by atoms with van der Waals surface area (Å²) in [6.07, 6.45) is 0.170. The van der Waals surface area contributed by atoms with E-state index in [9.17, 15) is 13.2 Å². The van der Waals surface area contributed by atoms with Crippen LogP contribution in [0, 0.1) is 5.41 Å². The van der Waals surface area contributed by atoms with Crippen molar-refractivity contribution in [1.82, 2.24) is 5.32 Å². The van der Waals surface area contributed by atoms with Gasteiger partial charge in [-0.05, 0) is 42.9 Å². The van der Waals surface area contributed by atoms with Crippen LogP contribution in [-0.4, -0.2) is 17.3 Å². The molecule has 1 rings (SSSR count). The van der Waals surface area contributed by atoms with Crippen molar-refractivity contribution in [3.8, 4) is 5.75 Å². The van der Waals surface area contributed by atoms with E-state index in [4.69, 9.17) is 17.6 Å². The van der Waals surface area contributed by atoms with Gasteiger partial charge in [0.15, 0.2) is 5.11 Å². The lowest BCUT2D eigenvalue weighted by Crippen LogP contribution is -2.33. The fourth-order valence-electron chi connectivity index (χ4n) is 1.83. The summed E-state index contributed by atoms with van der Waals surface area (Å²) < 4.78 is 39.9. The van der Waals surface area contributed by atoms with E-state index < -0.39 is 6.36 Å². The zero-order valence-corrected chi connectivity index (χ0v) is 13.6. The first-order chi connectivity index (χ1) is 10.8. The van der Waals surface area contributed by atoms with Gasteiger partial charge in [0.25, 0.3) is 0 Å². The lowest BCUT2D eigenvalue weighted by molar-refractivity contribution is -0.274. The molecule has 0 aliphatic carbocycles. The summed E-state index contributed by atoms with van der Waals surface area (Å²) in [6.45, 7) is 2.12. The number of halogens is 3. The lowest BCUT2D eigenvalue weighted by Gasteiger charge is -2.12.